The predicted molar refractivity (Wildman–Crippen MR) is 111 cm³/mol. The number of carbonyl (C=O) groups is 2. The molecule has 1 fully saturated rings. The number of carboxylic acids is 1. The van der Waals surface area contributed by atoms with Gasteiger partial charge >= 0.3 is 5.97 Å². The first-order chi connectivity index (χ1) is 14.1. The summed E-state index contributed by atoms with van der Waals surface area (Å²) in [5, 5.41) is 18.7. The van der Waals surface area contributed by atoms with Gasteiger partial charge in [0.25, 0.3) is 0 Å². The van der Waals surface area contributed by atoms with E-state index in [0.717, 1.165) is 34.0 Å². The van der Waals surface area contributed by atoms with Crippen molar-refractivity contribution >= 4 is 23.8 Å². The molecule has 0 spiro atoms. The lowest BCUT2D eigenvalue weighted by Gasteiger charge is -2.05. The van der Waals surface area contributed by atoms with Crippen LogP contribution in [0.2, 0.25) is 0 Å². The Morgan fingerprint density at radius 3 is 2.34 bits per heavy atom. The Morgan fingerprint density at radius 1 is 1.07 bits per heavy atom. The minimum atomic E-state index is -0.968. The molecule has 6 nitrogen and oxygen atoms in total. The molecule has 1 aromatic heterocycles. The van der Waals surface area contributed by atoms with E-state index in [1.54, 1.807) is 6.08 Å². The number of aromatic nitrogens is 2. The van der Waals surface area contributed by atoms with E-state index in [1.807, 2.05) is 54.6 Å². The number of hydrogen-bond donors (Lipinski definition) is 3. The molecule has 2 aromatic carbocycles. The van der Waals surface area contributed by atoms with Gasteiger partial charge in [0, 0.05) is 23.8 Å². The summed E-state index contributed by atoms with van der Waals surface area (Å²) in [6.45, 7) is 0. The third-order valence-corrected chi connectivity index (χ3v) is 4.86. The average molecular weight is 387 g/mol. The van der Waals surface area contributed by atoms with Crippen molar-refractivity contribution in [1.82, 2.24) is 10.2 Å². The number of rotatable bonds is 7. The second kappa shape index (κ2) is 8.14. The van der Waals surface area contributed by atoms with E-state index in [0.29, 0.717) is 11.7 Å². The summed E-state index contributed by atoms with van der Waals surface area (Å²) in [7, 11) is 0. The lowest BCUT2D eigenvalue weighted by atomic mass is 10.0. The maximum atomic E-state index is 12.3. The fraction of sp³-hybridized carbons (Fsp3) is 0.174. The van der Waals surface area contributed by atoms with E-state index in [4.69, 9.17) is 5.11 Å². The summed E-state index contributed by atoms with van der Waals surface area (Å²) in [6, 6.07) is 17.4. The molecule has 1 heterocycles. The molecule has 3 N–H and O–H groups in total. The van der Waals surface area contributed by atoms with E-state index in [1.165, 1.54) is 12.8 Å². The molecule has 3 aromatic rings. The van der Waals surface area contributed by atoms with E-state index >= 15 is 0 Å². The summed E-state index contributed by atoms with van der Waals surface area (Å²) in [4.78, 5) is 22.8. The summed E-state index contributed by atoms with van der Waals surface area (Å²) in [5.41, 5.74) is 4.90. The lowest BCUT2D eigenvalue weighted by Crippen LogP contribution is -2.14. The summed E-state index contributed by atoms with van der Waals surface area (Å²) in [5.74, 6) is 0.0824. The van der Waals surface area contributed by atoms with Crippen molar-refractivity contribution in [2.75, 3.05) is 5.32 Å². The lowest BCUT2D eigenvalue weighted by molar-refractivity contribution is -0.131. The largest absolute Gasteiger partial charge is 0.478 e. The molecule has 1 amide bonds. The Morgan fingerprint density at radius 2 is 1.72 bits per heavy atom. The fourth-order valence-corrected chi connectivity index (χ4v) is 3.15. The third kappa shape index (κ3) is 4.99. The number of nitrogens with zero attached hydrogens (tertiary/aromatic N) is 1. The number of carbonyl (C=O) groups excluding carboxylic acids is 1. The second-order valence-corrected chi connectivity index (χ2v) is 7.20. The summed E-state index contributed by atoms with van der Waals surface area (Å²) in [6.07, 6.45) is 5.32. The molecule has 0 aliphatic heterocycles. The molecule has 0 saturated heterocycles. The van der Waals surface area contributed by atoms with Crippen LogP contribution < -0.4 is 5.32 Å². The van der Waals surface area contributed by atoms with Crippen molar-refractivity contribution in [2.45, 2.75) is 25.2 Å². The third-order valence-electron chi connectivity index (χ3n) is 4.86. The van der Waals surface area contributed by atoms with Crippen molar-refractivity contribution in [3.8, 4) is 11.1 Å². The van der Waals surface area contributed by atoms with Crippen LogP contribution in [0.15, 0.2) is 60.7 Å². The maximum Gasteiger partial charge on any atom is 0.328 e. The van der Waals surface area contributed by atoms with E-state index in [9.17, 15) is 9.59 Å². The van der Waals surface area contributed by atoms with Gasteiger partial charge in [0.15, 0.2) is 5.82 Å². The van der Waals surface area contributed by atoms with Gasteiger partial charge in [-0.2, -0.15) is 5.10 Å². The Labute approximate surface area is 168 Å². The van der Waals surface area contributed by atoms with Gasteiger partial charge in [0.1, 0.15) is 0 Å². The first-order valence-corrected chi connectivity index (χ1v) is 9.52. The molecular formula is C23H21N3O3. The molecule has 0 radical (unpaired) electrons. The van der Waals surface area contributed by atoms with Crippen molar-refractivity contribution in [1.29, 1.82) is 0 Å². The predicted octanol–water partition coefficient (Wildman–Crippen LogP) is 4.23. The number of benzene rings is 2. The zero-order valence-corrected chi connectivity index (χ0v) is 15.8. The quantitative estimate of drug-likeness (QED) is 0.529. The number of aliphatic carboxylic acids is 1. The van der Waals surface area contributed by atoms with Gasteiger partial charge in [0.05, 0.1) is 6.42 Å². The highest BCUT2D eigenvalue weighted by Crippen LogP contribution is 2.39. The second-order valence-electron chi connectivity index (χ2n) is 7.20. The highest BCUT2D eigenvalue weighted by atomic mass is 16.4. The summed E-state index contributed by atoms with van der Waals surface area (Å²) < 4.78 is 0. The number of hydrogen-bond acceptors (Lipinski definition) is 3. The molecule has 29 heavy (non-hydrogen) atoms. The van der Waals surface area contributed by atoms with Gasteiger partial charge in [0.2, 0.25) is 5.91 Å². The minimum Gasteiger partial charge on any atom is -0.478 e. The van der Waals surface area contributed by atoms with Crippen molar-refractivity contribution in [2.24, 2.45) is 0 Å². The standard InChI is InChI=1S/C23H21N3O3/c27-22(24-21-14-20(25-26-21)19-10-11-19)13-16-3-8-18(9-4-16)17-6-1-15(2-7-17)5-12-23(28)29/h1-9,12,14,19H,10-11,13H2,(H,28,29)(H2,24,25,26,27). The summed E-state index contributed by atoms with van der Waals surface area (Å²) >= 11 is 0. The van der Waals surface area contributed by atoms with Gasteiger partial charge in [-0.3, -0.25) is 9.89 Å². The molecule has 1 aliphatic carbocycles. The van der Waals surface area contributed by atoms with Gasteiger partial charge in [-0.15, -0.1) is 0 Å². The molecular weight excluding hydrogens is 366 g/mol. The van der Waals surface area contributed by atoms with Crippen LogP contribution in [0.1, 0.15) is 35.6 Å². The normalized spacial score (nSPS) is 13.5. The molecule has 1 aliphatic rings. The number of carboxylic acid groups (broad SMARTS) is 1. The Bertz CT molecular complexity index is 1050. The first-order valence-electron chi connectivity index (χ1n) is 9.52. The van der Waals surface area contributed by atoms with Crippen LogP contribution in [0.3, 0.4) is 0 Å². The number of nitrogens with one attached hydrogen (secondary N) is 2. The number of aromatic amines is 1. The highest BCUT2D eigenvalue weighted by Gasteiger charge is 2.25. The molecule has 1 saturated carbocycles. The number of H-pyrrole nitrogens is 1. The Kier molecular flexibility index (Phi) is 5.24. The zero-order chi connectivity index (χ0) is 20.2. The van der Waals surface area contributed by atoms with E-state index in [-0.39, 0.29) is 12.3 Å². The maximum absolute atomic E-state index is 12.3. The molecule has 0 unspecified atom stereocenters. The highest BCUT2D eigenvalue weighted by molar-refractivity contribution is 5.91. The minimum absolute atomic E-state index is 0.0961. The molecule has 0 atom stereocenters. The molecule has 0 bridgehead atoms. The molecule has 6 heteroatoms. The van der Waals surface area contributed by atoms with Crippen LogP contribution in [-0.4, -0.2) is 27.2 Å². The van der Waals surface area contributed by atoms with Gasteiger partial charge in [-0.25, -0.2) is 4.79 Å². The monoisotopic (exact) mass is 387 g/mol. The molecule has 4 rings (SSSR count). The van der Waals surface area contributed by atoms with Gasteiger partial charge in [-0.1, -0.05) is 48.5 Å². The van der Waals surface area contributed by atoms with Crippen LogP contribution in [0.25, 0.3) is 17.2 Å². The smallest absolute Gasteiger partial charge is 0.328 e. The Hall–Kier alpha value is -3.67. The van der Waals surface area contributed by atoms with Gasteiger partial charge in [-0.05, 0) is 41.2 Å². The van der Waals surface area contributed by atoms with E-state index < -0.39 is 5.97 Å². The van der Waals surface area contributed by atoms with Crippen LogP contribution in [0.5, 0.6) is 0 Å². The number of amides is 1. The van der Waals surface area contributed by atoms with Crippen molar-refractivity contribution in [3.05, 3.63) is 77.5 Å². The fourth-order valence-electron chi connectivity index (χ4n) is 3.15. The van der Waals surface area contributed by atoms with Crippen LogP contribution in [-0.2, 0) is 16.0 Å². The SMILES string of the molecule is O=C(O)C=Cc1ccc(-c2ccc(CC(=O)Nc3cc(C4CC4)[nH]n3)cc2)cc1. The van der Waals surface area contributed by atoms with E-state index in [2.05, 4.69) is 15.5 Å². The average Bonchev–Trinajstić information content (AvgIpc) is 3.47. The number of anilines is 1. The van der Waals surface area contributed by atoms with Crippen LogP contribution >= 0.6 is 0 Å². The Balaban J connectivity index is 1.35. The zero-order valence-electron chi connectivity index (χ0n) is 15.8. The van der Waals surface area contributed by atoms with Crippen LogP contribution in [0.4, 0.5) is 5.82 Å². The van der Waals surface area contributed by atoms with Crippen LogP contribution in [0, 0.1) is 0 Å². The van der Waals surface area contributed by atoms with Crippen molar-refractivity contribution in [3.63, 3.8) is 0 Å². The molecule has 146 valence electrons. The first kappa shape index (κ1) is 18.7. The van der Waals surface area contributed by atoms with Gasteiger partial charge < -0.3 is 10.4 Å². The van der Waals surface area contributed by atoms with Crippen molar-refractivity contribution < 1.29 is 14.7 Å². The topological polar surface area (TPSA) is 95.1 Å².